The molecular formula is C18H23BrClN3O3S. The third kappa shape index (κ3) is 5.28. The molecule has 3 rings (SSSR count). The Balaban J connectivity index is 0.00000261. The number of rotatable bonds is 5. The normalized spacial score (nSPS) is 15.1. The Labute approximate surface area is 175 Å². The van der Waals surface area contributed by atoms with Gasteiger partial charge in [-0.1, -0.05) is 22.0 Å². The zero-order chi connectivity index (χ0) is 18.7. The van der Waals surface area contributed by atoms with E-state index in [0.29, 0.717) is 11.4 Å². The Morgan fingerprint density at radius 1 is 1.07 bits per heavy atom. The van der Waals surface area contributed by atoms with E-state index >= 15 is 0 Å². The van der Waals surface area contributed by atoms with Crippen LogP contribution in [0.15, 0.2) is 51.8 Å². The zero-order valence-corrected chi connectivity index (χ0v) is 18.4. The predicted molar refractivity (Wildman–Crippen MR) is 115 cm³/mol. The van der Waals surface area contributed by atoms with Crippen LogP contribution in [0, 0.1) is 0 Å². The summed E-state index contributed by atoms with van der Waals surface area (Å²) in [5.74, 6) is 0.677. The molecule has 1 heterocycles. The molecule has 1 N–H and O–H groups in total. The minimum Gasteiger partial charge on any atom is -0.495 e. The lowest BCUT2D eigenvalue weighted by Crippen LogP contribution is -2.44. The molecule has 0 bridgehead atoms. The van der Waals surface area contributed by atoms with Gasteiger partial charge in [-0.05, 0) is 43.4 Å². The molecule has 1 fully saturated rings. The summed E-state index contributed by atoms with van der Waals surface area (Å²) in [6, 6.07) is 12.0. The molecule has 0 spiro atoms. The molecule has 2 aromatic carbocycles. The smallest absolute Gasteiger partial charge is 0.261 e. The minimum atomic E-state index is -3.69. The summed E-state index contributed by atoms with van der Waals surface area (Å²) >= 11 is 3.35. The van der Waals surface area contributed by atoms with Gasteiger partial charge in [0.25, 0.3) is 10.0 Å². The number of nitrogens with one attached hydrogen (secondary N) is 1. The Morgan fingerprint density at radius 3 is 2.41 bits per heavy atom. The maximum absolute atomic E-state index is 12.8. The van der Waals surface area contributed by atoms with Crippen LogP contribution in [0.2, 0.25) is 0 Å². The van der Waals surface area contributed by atoms with Crippen LogP contribution in [-0.2, 0) is 10.0 Å². The van der Waals surface area contributed by atoms with Crippen molar-refractivity contribution in [3.63, 3.8) is 0 Å². The Kier molecular flexibility index (Phi) is 7.39. The lowest BCUT2D eigenvalue weighted by atomic mass is 10.2. The van der Waals surface area contributed by atoms with Gasteiger partial charge in [-0.15, -0.1) is 12.4 Å². The molecule has 0 amide bonds. The quantitative estimate of drug-likeness (QED) is 0.716. The molecule has 0 aliphatic carbocycles. The highest BCUT2D eigenvalue weighted by molar-refractivity contribution is 9.10. The third-order valence-electron chi connectivity index (χ3n) is 4.38. The topological polar surface area (TPSA) is 61.9 Å². The van der Waals surface area contributed by atoms with Crippen LogP contribution < -0.4 is 14.4 Å². The van der Waals surface area contributed by atoms with Crippen molar-refractivity contribution in [3.05, 3.63) is 46.9 Å². The van der Waals surface area contributed by atoms with Gasteiger partial charge in [0.2, 0.25) is 0 Å². The van der Waals surface area contributed by atoms with E-state index in [4.69, 9.17) is 4.74 Å². The Morgan fingerprint density at radius 2 is 1.78 bits per heavy atom. The molecule has 27 heavy (non-hydrogen) atoms. The van der Waals surface area contributed by atoms with Crippen LogP contribution in [0.3, 0.4) is 0 Å². The molecule has 1 saturated heterocycles. The standard InChI is InChI=1S/C18H22BrN3O3S.ClH/c1-21-8-10-22(11-9-21)17-13-16(6-7-18(17)25-2)26(23,24)20-15-5-3-4-14(19)12-15;/h3-7,12-13,20H,8-11H2,1-2H3;1H. The second-order valence-corrected chi connectivity index (χ2v) is 8.84. The van der Waals surface area contributed by atoms with Gasteiger partial charge >= 0.3 is 0 Å². The number of nitrogens with zero attached hydrogens (tertiary/aromatic N) is 2. The molecule has 0 aromatic heterocycles. The van der Waals surface area contributed by atoms with Crippen LogP contribution in [0.5, 0.6) is 5.75 Å². The summed E-state index contributed by atoms with van der Waals surface area (Å²) in [5.41, 5.74) is 1.31. The van der Waals surface area contributed by atoms with Crippen molar-refractivity contribution in [2.75, 3.05) is 50.0 Å². The van der Waals surface area contributed by atoms with Crippen molar-refractivity contribution < 1.29 is 13.2 Å². The number of ether oxygens (including phenoxy) is 1. The highest BCUT2D eigenvalue weighted by Gasteiger charge is 2.22. The second kappa shape index (κ2) is 9.14. The van der Waals surface area contributed by atoms with Gasteiger partial charge in [0, 0.05) is 36.3 Å². The number of methoxy groups -OCH3 is 1. The van der Waals surface area contributed by atoms with Crippen LogP contribution in [0.4, 0.5) is 11.4 Å². The van der Waals surface area contributed by atoms with Crippen LogP contribution in [0.1, 0.15) is 0 Å². The summed E-state index contributed by atoms with van der Waals surface area (Å²) in [5, 5.41) is 0. The Hall–Kier alpha value is -1.48. The van der Waals surface area contributed by atoms with Gasteiger partial charge in [0.15, 0.2) is 0 Å². The van der Waals surface area contributed by atoms with Crippen molar-refractivity contribution in [1.82, 2.24) is 4.90 Å². The van der Waals surface area contributed by atoms with Crippen LogP contribution in [0.25, 0.3) is 0 Å². The van der Waals surface area contributed by atoms with Crippen molar-refractivity contribution in [2.24, 2.45) is 0 Å². The molecule has 0 radical (unpaired) electrons. The zero-order valence-electron chi connectivity index (χ0n) is 15.2. The molecule has 148 valence electrons. The van der Waals surface area contributed by atoms with Gasteiger partial charge in [-0.3, -0.25) is 4.72 Å². The van der Waals surface area contributed by atoms with E-state index < -0.39 is 10.0 Å². The number of anilines is 2. The lowest BCUT2D eigenvalue weighted by Gasteiger charge is -2.34. The van der Waals surface area contributed by atoms with Crippen LogP contribution in [-0.4, -0.2) is 53.7 Å². The molecule has 0 atom stereocenters. The molecule has 1 aliphatic rings. The van der Waals surface area contributed by atoms with E-state index in [-0.39, 0.29) is 17.3 Å². The first-order chi connectivity index (χ1) is 12.4. The first-order valence-corrected chi connectivity index (χ1v) is 10.6. The number of hydrogen-bond donors (Lipinski definition) is 1. The number of sulfonamides is 1. The van der Waals surface area contributed by atoms with E-state index in [2.05, 4.69) is 37.5 Å². The fourth-order valence-electron chi connectivity index (χ4n) is 2.90. The molecule has 2 aromatic rings. The van der Waals surface area contributed by atoms with Crippen LogP contribution >= 0.6 is 28.3 Å². The Bertz CT molecular complexity index is 887. The van der Waals surface area contributed by atoms with Gasteiger partial charge < -0.3 is 14.5 Å². The van der Waals surface area contributed by atoms with E-state index in [9.17, 15) is 8.42 Å². The maximum Gasteiger partial charge on any atom is 0.261 e. The first-order valence-electron chi connectivity index (χ1n) is 8.29. The van der Waals surface area contributed by atoms with Crippen molar-refractivity contribution >= 4 is 49.7 Å². The van der Waals surface area contributed by atoms with Gasteiger partial charge in [0.1, 0.15) is 5.75 Å². The van der Waals surface area contributed by atoms with E-state index in [0.717, 1.165) is 36.3 Å². The van der Waals surface area contributed by atoms with Crippen molar-refractivity contribution in [2.45, 2.75) is 4.90 Å². The molecule has 1 aliphatic heterocycles. The summed E-state index contributed by atoms with van der Waals surface area (Å²) in [6.45, 7) is 3.51. The fraction of sp³-hybridized carbons (Fsp3) is 0.333. The first kappa shape index (κ1) is 21.8. The molecule has 0 saturated carbocycles. The summed E-state index contributed by atoms with van der Waals surface area (Å²) in [4.78, 5) is 4.63. The average molecular weight is 477 g/mol. The molecule has 6 nitrogen and oxygen atoms in total. The third-order valence-corrected chi connectivity index (χ3v) is 6.25. The molecule has 0 unspecified atom stereocenters. The van der Waals surface area contributed by atoms with Gasteiger partial charge in [0.05, 0.1) is 17.7 Å². The number of benzene rings is 2. The number of piperazine rings is 1. The number of hydrogen-bond acceptors (Lipinski definition) is 5. The number of likely N-dealkylation sites (N-methyl/N-ethyl adjacent to an activating group) is 1. The van der Waals surface area contributed by atoms with E-state index in [1.807, 2.05) is 6.07 Å². The van der Waals surface area contributed by atoms with Gasteiger partial charge in [-0.25, -0.2) is 8.42 Å². The minimum absolute atomic E-state index is 0. The average Bonchev–Trinajstić information content (AvgIpc) is 2.61. The van der Waals surface area contributed by atoms with Gasteiger partial charge in [-0.2, -0.15) is 0 Å². The lowest BCUT2D eigenvalue weighted by molar-refractivity contribution is 0.311. The monoisotopic (exact) mass is 475 g/mol. The predicted octanol–water partition coefficient (Wildman–Crippen LogP) is 3.43. The molecule has 9 heteroatoms. The summed E-state index contributed by atoms with van der Waals surface area (Å²) < 4.78 is 34.5. The highest BCUT2D eigenvalue weighted by atomic mass is 79.9. The highest BCUT2D eigenvalue weighted by Crippen LogP contribution is 2.32. The van der Waals surface area contributed by atoms with Crippen molar-refractivity contribution in [1.29, 1.82) is 0 Å². The SMILES string of the molecule is COc1ccc(S(=O)(=O)Nc2cccc(Br)c2)cc1N1CCN(C)CC1.Cl. The summed E-state index contributed by atoms with van der Waals surface area (Å²) in [7, 11) is -0.00974. The van der Waals surface area contributed by atoms with Crippen molar-refractivity contribution in [3.8, 4) is 5.75 Å². The number of halogens is 2. The second-order valence-electron chi connectivity index (χ2n) is 6.24. The van der Waals surface area contributed by atoms with E-state index in [1.165, 1.54) is 0 Å². The molecular weight excluding hydrogens is 454 g/mol. The maximum atomic E-state index is 12.8. The summed E-state index contributed by atoms with van der Waals surface area (Å²) in [6.07, 6.45) is 0. The van der Waals surface area contributed by atoms with E-state index in [1.54, 1.807) is 43.5 Å². The largest absolute Gasteiger partial charge is 0.495 e. The fourth-order valence-corrected chi connectivity index (χ4v) is 4.37.